The standard InChI is InChI=1S/C12H6ClF3N2O4/c1-4(19)22-18-9-8-6(13)2-5(12(14,15)16)3-7(8)17-11(21)10(9)20/h2-3H,1H3,(H,17,21). The number of halogens is 4. The molecule has 0 atom stereocenters. The van der Waals surface area contributed by atoms with Gasteiger partial charge in [-0.3, -0.25) is 9.59 Å². The molecule has 1 aromatic carbocycles. The molecule has 10 heteroatoms. The number of oxime groups is 1. The van der Waals surface area contributed by atoms with Crippen LogP contribution in [0.1, 0.15) is 18.1 Å². The highest BCUT2D eigenvalue weighted by molar-refractivity contribution is 6.72. The van der Waals surface area contributed by atoms with Crippen molar-refractivity contribution in [3.8, 4) is 0 Å². The third-order valence-corrected chi connectivity index (χ3v) is 2.89. The number of alkyl halides is 3. The first-order valence-corrected chi connectivity index (χ1v) is 6.01. The maximum Gasteiger partial charge on any atom is 0.416 e. The van der Waals surface area contributed by atoms with Gasteiger partial charge in [0.05, 0.1) is 21.8 Å². The van der Waals surface area contributed by atoms with Gasteiger partial charge < -0.3 is 10.2 Å². The highest BCUT2D eigenvalue weighted by Crippen LogP contribution is 2.37. The zero-order chi connectivity index (χ0) is 16.7. The van der Waals surface area contributed by atoms with Gasteiger partial charge in [0.15, 0.2) is 5.71 Å². The van der Waals surface area contributed by atoms with Gasteiger partial charge in [-0.2, -0.15) is 13.2 Å². The number of carbonyl (C=O) groups excluding carboxylic acids is 3. The van der Waals surface area contributed by atoms with E-state index in [9.17, 15) is 27.6 Å². The number of amides is 1. The predicted octanol–water partition coefficient (Wildman–Crippen LogP) is 2.15. The predicted molar refractivity (Wildman–Crippen MR) is 68.4 cm³/mol. The van der Waals surface area contributed by atoms with E-state index in [-0.39, 0.29) is 11.3 Å². The van der Waals surface area contributed by atoms with Crippen LogP contribution < -0.4 is 5.32 Å². The zero-order valence-corrected chi connectivity index (χ0v) is 11.5. The lowest BCUT2D eigenvalue weighted by Gasteiger charge is -2.20. The molecule has 0 bridgehead atoms. The van der Waals surface area contributed by atoms with Gasteiger partial charge in [-0.1, -0.05) is 16.8 Å². The van der Waals surface area contributed by atoms with Crippen molar-refractivity contribution in [1.29, 1.82) is 0 Å². The molecule has 1 heterocycles. The number of anilines is 1. The van der Waals surface area contributed by atoms with Crippen molar-refractivity contribution in [2.24, 2.45) is 5.16 Å². The van der Waals surface area contributed by atoms with Crippen LogP contribution in [0.3, 0.4) is 0 Å². The summed E-state index contributed by atoms with van der Waals surface area (Å²) in [4.78, 5) is 38.2. The number of hydrogen-bond acceptors (Lipinski definition) is 5. The van der Waals surface area contributed by atoms with Crippen LogP contribution in [0, 0.1) is 0 Å². The normalized spacial score (nSPS) is 16.3. The van der Waals surface area contributed by atoms with Crippen LogP contribution in [-0.2, 0) is 25.4 Å². The summed E-state index contributed by atoms with van der Waals surface area (Å²) in [5.41, 5.74) is -2.36. The molecular weight excluding hydrogens is 329 g/mol. The van der Waals surface area contributed by atoms with Crippen LogP contribution in [0.4, 0.5) is 18.9 Å². The lowest BCUT2D eigenvalue weighted by molar-refractivity contribution is -0.141. The molecule has 0 saturated carbocycles. The average molecular weight is 335 g/mol. The maximum absolute atomic E-state index is 12.7. The van der Waals surface area contributed by atoms with Crippen LogP contribution >= 0.6 is 11.6 Å². The number of nitrogens with one attached hydrogen (secondary N) is 1. The Balaban J connectivity index is 2.65. The summed E-state index contributed by atoms with van der Waals surface area (Å²) in [6.07, 6.45) is -4.70. The molecule has 1 aromatic rings. The summed E-state index contributed by atoms with van der Waals surface area (Å²) in [6, 6.07) is 1.18. The van der Waals surface area contributed by atoms with Crippen molar-refractivity contribution in [1.82, 2.24) is 0 Å². The van der Waals surface area contributed by atoms with E-state index < -0.39 is 40.1 Å². The zero-order valence-electron chi connectivity index (χ0n) is 10.7. The Hall–Kier alpha value is -2.42. The van der Waals surface area contributed by atoms with Crippen LogP contribution in [0.15, 0.2) is 17.3 Å². The van der Waals surface area contributed by atoms with E-state index in [1.165, 1.54) is 0 Å². The molecular formula is C12H6ClF3N2O4. The van der Waals surface area contributed by atoms with Crippen molar-refractivity contribution in [3.05, 3.63) is 28.3 Å². The molecule has 1 aliphatic rings. The first-order chi connectivity index (χ1) is 10.1. The van der Waals surface area contributed by atoms with E-state index >= 15 is 0 Å². The summed E-state index contributed by atoms with van der Waals surface area (Å²) in [5, 5.41) is 4.72. The van der Waals surface area contributed by atoms with Gasteiger partial charge >= 0.3 is 12.1 Å². The Bertz CT molecular complexity index is 728. The van der Waals surface area contributed by atoms with Crippen LogP contribution in [-0.4, -0.2) is 23.4 Å². The number of nitrogens with zero attached hydrogens (tertiary/aromatic N) is 1. The molecule has 116 valence electrons. The molecule has 1 N–H and O–H groups in total. The summed E-state index contributed by atoms with van der Waals surface area (Å²) < 4.78 is 38.2. The van der Waals surface area contributed by atoms with Gasteiger partial charge in [-0.05, 0) is 12.1 Å². The number of benzene rings is 1. The van der Waals surface area contributed by atoms with Gasteiger partial charge in [-0.25, -0.2) is 4.79 Å². The highest BCUT2D eigenvalue weighted by Gasteiger charge is 2.37. The molecule has 0 aliphatic carbocycles. The lowest BCUT2D eigenvalue weighted by Crippen LogP contribution is -2.36. The van der Waals surface area contributed by atoms with Crippen molar-refractivity contribution >= 4 is 40.7 Å². The number of Topliss-reactive ketones (excluding diaryl/α,β-unsaturated/α-hetero) is 1. The summed E-state index contributed by atoms with van der Waals surface area (Å²) in [5.74, 6) is -3.28. The molecule has 0 radical (unpaired) electrons. The van der Waals surface area contributed by atoms with Crippen LogP contribution in [0.2, 0.25) is 5.02 Å². The van der Waals surface area contributed by atoms with Gasteiger partial charge in [-0.15, -0.1) is 0 Å². The highest BCUT2D eigenvalue weighted by atomic mass is 35.5. The van der Waals surface area contributed by atoms with E-state index in [1.807, 2.05) is 5.32 Å². The second-order valence-corrected chi connectivity index (χ2v) is 4.59. The maximum atomic E-state index is 12.7. The first-order valence-electron chi connectivity index (χ1n) is 5.63. The molecule has 0 unspecified atom stereocenters. The quantitative estimate of drug-likeness (QED) is 0.484. The Kier molecular flexibility index (Phi) is 3.92. The fraction of sp³-hybridized carbons (Fsp3) is 0.167. The Labute approximate surface area is 125 Å². The fourth-order valence-electron chi connectivity index (χ4n) is 1.71. The number of hydrogen-bond donors (Lipinski definition) is 1. The topological polar surface area (TPSA) is 84.8 Å². The van der Waals surface area contributed by atoms with Crippen molar-refractivity contribution < 1.29 is 32.4 Å². The minimum Gasteiger partial charge on any atom is -0.318 e. The SMILES string of the molecule is CC(=O)ON=C1C(=O)C(=O)Nc2cc(C(F)(F)F)cc(Cl)c21. The molecule has 1 amide bonds. The molecule has 0 aromatic heterocycles. The molecule has 1 aliphatic heterocycles. The molecule has 22 heavy (non-hydrogen) atoms. The summed E-state index contributed by atoms with van der Waals surface area (Å²) in [7, 11) is 0. The second-order valence-electron chi connectivity index (χ2n) is 4.18. The van der Waals surface area contributed by atoms with Gasteiger partial charge in [0.1, 0.15) is 0 Å². The van der Waals surface area contributed by atoms with Gasteiger partial charge in [0.2, 0.25) is 0 Å². The van der Waals surface area contributed by atoms with Gasteiger partial charge in [0, 0.05) is 6.92 Å². The molecule has 2 rings (SSSR count). The minimum atomic E-state index is -4.70. The summed E-state index contributed by atoms with van der Waals surface area (Å²) in [6.45, 7) is 0.993. The molecule has 0 fully saturated rings. The number of rotatable bonds is 1. The van der Waals surface area contributed by atoms with Crippen LogP contribution in [0.25, 0.3) is 0 Å². The number of fused-ring (bicyclic) bond motifs is 1. The van der Waals surface area contributed by atoms with Crippen molar-refractivity contribution in [2.75, 3.05) is 5.32 Å². The monoisotopic (exact) mass is 334 g/mol. The number of ketones is 1. The van der Waals surface area contributed by atoms with E-state index in [0.29, 0.717) is 12.1 Å². The second kappa shape index (κ2) is 5.41. The first kappa shape index (κ1) is 16.0. The molecule has 0 spiro atoms. The third-order valence-electron chi connectivity index (χ3n) is 2.59. The van der Waals surface area contributed by atoms with Crippen molar-refractivity contribution in [3.63, 3.8) is 0 Å². The van der Waals surface area contributed by atoms with Crippen molar-refractivity contribution in [2.45, 2.75) is 13.1 Å². The lowest BCUT2D eigenvalue weighted by atomic mass is 9.97. The summed E-state index contributed by atoms with van der Waals surface area (Å²) >= 11 is 5.75. The van der Waals surface area contributed by atoms with Crippen LogP contribution in [0.5, 0.6) is 0 Å². The Morgan fingerprint density at radius 2 is 1.95 bits per heavy atom. The van der Waals surface area contributed by atoms with E-state index in [1.54, 1.807) is 0 Å². The average Bonchev–Trinajstić information content (AvgIpc) is 2.38. The minimum absolute atomic E-state index is 0.250. The Morgan fingerprint density at radius 3 is 2.50 bits per heavy atom. The number of carbonyl (C=O) groups is 3. The van der Waals surface area contributed by atoms with E-state index in [4.69, 9.17) is 11.6 Å². The fourth-order valence-corrected chi connectivity index (χ4v) is 2.02. The molecule has 6 nitrogen and oxygen atoms in total. The van der Waals surface area contributed by atoms with E-state index in [0.717, 1.165) is 6.92 Å². The Morgan fingerprint density at radius 1 is 1.32 bits per heavy atom. The molecule has 0 saturated heterocycles. The smallest absolute Gasteiger partial charge is 0.318 e. The largest absolute Gasteiger partial charge is 0.416 e. The van der Waals surface area contributed by atoms with Gasteiger partial charge in [0.25, 0.3) is 11.7 Å². The van der Waals surface area contributed by atoms with E-state index in [2.05, 4.69) is 9.99 Å². The third kappa shape index (κ3) is 2.93.